The smallest absolute Gasteiger partial charge is 0.238 e. The molecule has 0 fully saturated rings. The molecule has 0 unspecified atom stereocenters. The molecular weight excluding hydrogens is 685 g/mol. The molecule has 9 aromatic carbocycles. The van der Waals surface area contributed by atoms with E-state index in [2.05, 4.69) is 174 Å². The number of furan rings is 1. The predicted molar refractivity (Wildman–Crippen MR) is 229 cm³/mol. The Morgan fingerprint density at radius 2 is 0.768 bits per heavy atom. The van der Waals surface area contributed by atoms with Gasteiger partial charge in [-0.3, -0.25) is 4.57 Å². The van der Waals surface area contributed by atoms with Crippen molar-refractivity contribution in [2.75, 3.05) is 0 Å². The Bertz CT molecular complexity index is 3340. The molecule has 3 heterocycles. The van der Waals surface area contributed by atoms with Gasteiger partial charge in [0.2, 0.25) is 5.95 Å². The van der Waals surface area contributed by atoms with Crippen LogP contribution in [0.25, 0.3) is 116 Å². The Morgan fingerprint density at radius 3 is 1.38 bits per heavy atom. The van der Waals surface area contributed by atoms with Gasteiger partial charge in [0.25, 0.3) is 0 Å². The van der Waals surface area contributed by atoms with Crippen LogP contribution in [0.1, 0.15) is 0 Å². The summed E-state index contributed by atoms with van der Waals surface area (Å²) >= 11 is 0. The van der Waals surface area contributed by atoms with Crippen molar-refractivity contribution in [1.29, 1.82) is 0 Å². The van der Waals surface area contributed by atoms with E-state index in [1.807, 2.05) is 12.1 Å². The molecule has 0 aliphatic heterocycles. The molecule has 56 heavy (non-hydrogen) atoms. The zero-order chi connectivity index (χ0) is 36.7. The number of hydrogen-bond acceptors (Lipinski definition) is 4. The van der Waals surface area contributed by atoms with Crippen LogP contribution in [0.5, 0.6) is 0 Å². The van der Waals surface area contributed by atoms with Crippen LogP contribution in [-0.2, 0) is 0 Å². The molecule has 0 aliphatic rings. The third-order valence-corrected chi connectivity index (χ3v) is 11.2. The molecule has 0 saturated heterocycles. The van der Waals surface area contributed by atoms with Gasteiger partial charge in [-0.15, -0.1) is 0 Å². The van der Waals surface area contributed by atoms with Crippen LogP contribution >= 0.6 is 0 Å². The molecule has 0 N–H and O–H groups in total. The molecule has 0 atom stereocenters. The maximum Gasteiger partial charge on any atom is 0.238 e. The van der Waals surface area contributed by atoms with Crippen molar-refractivity contribution in [3.8, 4) is 51.0 Å². The first-order chi connectivity index (χ1) is 27.8. The van der Waals surface area contributed by atoms with Crippen LogP contribution in [0.15, 0.2) is 186 Å². The van der Waals surface area contributed by atoms with E-state index in [0.717, 1.165) is 77.1 Å². The Morgan fingerprint density at radius 1 is 0.304 bits per heavy atom. The van der Waals surface area contributed by atoms with Gasteiger partial charge in [0.1, 0.15) is 11.2 Å². The van der Waals surface area contributed by atoms with Crippen molar-refractivity contribution in [3.63, 3.8) is 0 Å². The minimum atomic E-state index is 0.557. The van der Waals surface area contributed by atoms with E-state index in [-0.39, 0.29) is 0 Å². The zero-order valence-corrected chi connectivity index (χ0v) is 30.0. The summed E-state index contributed by atoms with van der Waals surface area (Å²) in [4.78, 5) is 15.8. The second-order valence-electron chi connectivity index (χ2n) is 14.4. The lowest BCUT2D eigenvalue weighted by Gasteiger charge is -2.12. The maximum absolute atomic E-state index is 6.59. The summed E-state index contributed by atoms with van der Waals surface area (Å²) in [7, 11) is 0. The van der Waals surface area contributed by atoms with Gasteiger partial charge in [0, 0.05) is 32.7 Å². The largest absolute Gasteiger partial charge is 0.456 e. The van der Waals surface area contributed by atoms with E-state index in [9.17, 15) is 0 Å². The van der Waals surface area contributed by atoms with Crippen molar-refractivity contribution < 1.29 is 4.42 Å². The highest BCUT2D eigenvalue weighted by molar-refractivity contribution is 6.38. The number of nitrogens with zero attached hydrogens (tertiary/aromatic N) is 4. The number of fused-ring (bicyclic) bond motifs is 3. The predicted octanol–water partition coefficient (Wildman–Crippen LogP) is 13.3. The summed E-state index contributed by atoms with van der Waals surface area (Å²) in [6, 6.07) is 63.7. The first-order valence-electron chi connectivity index (χ1n) is 18.9. The molecule has 0 bridgehead atoms. The second kappa shape index (κ2) is 11.9. The highest BCUT2D eigenvalue weighted by Gasteiger charge is 2.24. The SMILES string of the molecule is c1ccc(-c2ccc(-c3nc(-c4ccc(-c5ccccc5)cc4)nc(-n4c5cccc6c7ccccc7c7cccc8oc9ccc4c(c9c87)c65)n3)cc2)cc1. The summed E-state index contributed by atoms with van der Waals surface area (Å²) in [6.45, 7) is 0. The van der Waals surface area contributed by atoms with Crippen molar-refractivity contribution >= 4 is 65.3 Å². The fourth-order valence-corrected chi connectivity index (χ4v) is 8.68. The molecule has 0 amide bonds. The monoisotopic (exact) mass is 714 g/mol. The summed E-state index contributed by atoms with van der Waals surface area (Å²) < 4.78 is 8.81. The molecule has 260 valence electrons. The van der Waals surface area contributed by atoms with E-state index in [1.54, 1.807) is 0 Å². The third-order valence-electron chi connectivity index (χ3n) is 11.2. The topological polar surface area (TPSA) is 56.7 Å². The fourth-order valence-electron chi connectivity index (χ4n) is 8.68. The number of hydrogen-bond donors (Lipinski definition) is 0. The lowest BCUT2D eigenvalue weighted by molar-refractivity contribution is 0.669. The normalized spacial score (nSPS) is 11.9. The highest BCUT2D eigenvalue weighted by atomic mass is 16.3. The van der Waals surface area contributed by atoms with E-state index < -0.39 is 0 Å². The van der Waals surface area contributed by atoms with Gasteiger partial charge < -0.3 is 4.42 Å². The molecule has 0 radical (unpaired) electrons. The average Bonchev–Trinajstić information content (AvgIpc) is 3.82. The molecule has 0 spiro atoms. The third kappa shape index (κ3) is 4.58. The minimum absolute atomic E-state index is 0.557. The van der Waals surface area contributed by atoms with E-state index >= 15 is 0 Å². The van der Waals surface area contributed by atoms with Gasteiger partial charge in [0.15, 0.2) is 11.6 Å². The summed E-state index contributed by atoms with van der Waals surface area (Å²) in [5.74, 6) is 1.77. The van der Waals surface area contributed by atoms with Gasteiger partial charge in [-0.25, -0.2) is 4.98 Å². The number of benzene rings is 8. The van der Waals surface area contributed by atoms with Crippen LogP contribution in [0.4, 0.5) is 0 Å². The Hall–Kier alpha value is -7.63. The first kappa shape index (κ1) is 30.8. The Kier molecular flexibility index (Phi) is 6.56. The zero-order valence-electron chi connectivity index (χ0n) is 30.0. The molecular formula is C51H30N4O. The molecule has 0 saturated carbocycles. The quantitative estimate of drug-likeness (QED) is 0.178. The van der Waals surface area contributed by atoms with Gasteiger partial charge in [-0.05, 0) is 68.1 Å². The van der Waals surface area contributed by atoms with Crippen molar-refractivity contribution in [2.45, 2.75) is 0 Å². The maximum atomic E-state index is 6.59. The fraction of sp³-hybridized carbons (Fsp3) is 0. The standard InChI is InChI=1S/C51H30N4O/c1-3-11-31(12-4-1)33-21-25-35(26-22-33)49-52-50(36-27-23-34(24-28-36)32-13-5-2-6-14-32)54-51(53-49)55-41-19-9-17-39-37-15-7-8-16-38(37)40-18-10-20-43-46(40)48-44(56-43)30-29-42(55)47(48)45(39)41/h1-30H. The van der Waals surface area contributed by atoms with Gasteiger partial charge in [-0.2, -0.15) is 9.97 Å². The molecule has 0 aliphatic carbocycles. The van der Waals surface area contributed by atoms with Crippen molar-refractivity contribution in [2.24, 2.45) is 0 Å². The number of rotatable bonds is 5. The average molecular weight is 715 g/mol. The second-order valence-corrected chi connectivity index (χ2v) is 14.4. The first-order valence-corrected chi connectivity index (χ1v) is 18.9. The molecule has 12 aromatic rings. The molecule has 5 nitrogen and oxygen atoms in total. The highest BCUT2D eigenvalue weighted by Crippen LogP contribution is 2.46. The van der Waals surface area contributed by atoms with E-state index in [0.29, 0.717) is 17.6 Å². The molecule has 5 heteroatoms. The van der Waals surface area contributed by atoms with Crippen molar-refractivity contribution in [1.82, 2.24) is 19.5 Å². The van der Waals surface area contributed by atoms with Crippen LogP contribution in [-0.4, -0.2) is 19.5 Å². The minimum Gasteiger partial charge on any atom is -0.456 e. The Labute approximate surface area is 321 Å². The summed E-state index contributed by atoms with van der Waals surface area (Å²) in [5.41, 5.74) is 10.2. The number of aromatic nitrogens is 4. The lowest BCUT2D eigenvalue weighted by Crippen LogP contribution is -2.06. The van der Waals surface area contributed by atoms with Crippen LogP contribution in [0.3, 0.4) is 0 Å². The van der Waals surface area contributed by atoms with E-state index in [4.69, 9.17) is 19.4 Å². The Balaban J connectivity index is 1.15. The van der Waals surface area contributed by atoms with Gasteiger partial charge in [0.05, 0.1) is 11.0 Å². The van der Waals surface area contributed by atoms with E-state index in [1.165, 1.54) is 21.5 Å². The van der Waals surface area contributed by atoms with Crippen LogP contribution < -0.4 is 0 Å². The summed E-state index contributed by atoms with van der Waals surface area (Å²) in [5, 5.41) is 9.24. The molecule has 12 rings (SSSR count). The lowest BCUT2D eigenvalue weighted by atomic mass is 9.95. The molecule has 3 aromatic heterocycles. The van der Waals surface area contributed by atoms with Crippen LogP contribution in [0, 0.1) is 0 Å². The summed E-state index contributed by atoms with van der Waals surface area (Å²) in [6.07, 6.45) is 0. The van der Waals surface area contributed by atoms with Crippen LogP contribution in [0.2, 0.25) is 0 Å². The van der Waals surface area contributed by atoms with Crippen molar-refractivity contribution in [3.05, 3.63) is 182 Å². The van der Waals surface area contributed by atoms with Gasteiger partial charge in [-0.1, -0.05) is 158 Å². The van der Waals surface area contributed by atoms with Gasteiger partial charge >= 0.3 is 0 Å².